The maximum atomic E-state index is 13.1. The largest absolute Gasteiger partial charge is 0.429 e. The summed E-state index contributed by atoms with van der Waals surface area (Å²) in [5, 5.41) is 4.18. The Bertz CT molecular complexity index is 1190. The van der Waals surface area contributed by atoms with Crippen molar-refractivity contribution in [1.82, 2.24) is 5.16 Å². The number of halogens is 1. The van der Waals surface area contributed by atoms with E-state index in [0.29, 0.717) is 11.5 Å². The Morgan fingerprint density at radius 1 is 1.06 bits per heavy atom. The summed E-state index contributed by atoms with van der Waals surface area (Å²) in [5.41, 5.74) is 5.87. The number of aromatic nitrogens is 1. The van der Waals surface area contributed by atoms with E-state index in [2.05, 4.69) is 21.1 Å². The van der Waals surface area contributed by atoms with Crippen LogP contribution in [0.15, 0.2) is 62.4 Å². The number of primary amides is 1. The first kappa shape index (κ1) is 23.0. The highest BCUT2D eigenvalue weighted by molar-refractivity contribution is 9.10. The third kappa shape index (κ3) is 4.83. The molecule has 0 aliphatic heterocycles. The molecule has 1 atom stereocenters. The van der Waals surface area contributed by atoms with Crippen LogP contribution in [-0.2, 0) is 14.6 Å². The summed E-state index contributed by atoms with van der Waals surface area (Å²) in [6.07, 6.45) is -1.14. The van der Waals surface area contributed by atoms with Gasteiger partial charge in [-0.15, -0.1) is 0 Å². The van der Waals surface area contributed by atoms with Crippen LogP contribution in [0, 0.1) is 12.3 Å². The van der Waals surface area contributed by atoms with Gasteiger partial charge in [-0.25, -0.2) is 13.2 Å². The zero-order chi connectivity index (χ0) is 23.0. The molecule has 0 bridgehead atoms. The first-order chi connectivity index (χ1) is 14.4. The molecule has 9 heteroatoms. The lowest BCUT2D eigenvalue weighted by Gasteiger charge is -2.29. The Labute approximate surface area is 189 Å². The second kappa shape index (κ2) is 8.47. The van der Waals surface area contributed by atoms with Crippen molar-refractivity contribution in [1.29, 1.82) is 0 Å². The normalized spacial score (nSPS) is 13.1. The molecule has 0 saturated carbocycles. The molecule has 31 heavy (non-hydrogen) atoms. The molecule has 0 aliphatic carbocycles. The molecule has 0 aliphatic rings. The molecule has 2 aromatic carbocycles. The number of carbonyl (C=O) groups excluding carboxylic acids is 1. The van der Waals surface area contributed by atoms with Crippen molar-refractivity contribution >= 4 is 31.9 Å². The minimum atomic E-state index is -3.98. The fraction of sp³-hybridized carbons (Fsp3) is 0.273. The fourth-order valence-corrected chi connectivity index (χ4v) is 5.44. The number of benzene rings is 2. The van der Waals surface area contributed by atoms with E-state index in [9.17, 15) is 13.2 Å². The zero-order valence-corrected chi connectivity index (χ0v) is 20.0. The van der Waals surface area contributed by atoms with Crippen LogP contribution in [0.5, 0.6) is 0 Å². The van der Waals surface area contributed by atoms with Crippen molar-refractivity contribution < 1.29 is 22.5 Å². The summed E-state index contributed by atoms with van der Waals surface area (Å²) < 4.78 is 37.6. The lowest BCUT2D eigenvalue weighted by atomic mass is 9.98. The molecule has 164 valence electrons. The number of hydrogen-bond acceptors (Lipinski definition) is 6. The predicted octanol–water partition coefficient (Wildman–Crippen LogP) is 5.32. The molecular formula is C22H23BrN2O5S. The Morgan fingerprint density at radius 2 is 1.61 bits per heavy atom. The highest BCUT2D eigenvalue weighted by Gasteiger charge is 2.40. The van der Waals surface area contributed by atoms with E-state index in [-0.39, 0.29) is 4.90 Å². The van der Waals surface area contributed by atoms with E-state index in [0.717, 1.165) is 21.2 Å². The highest BCUT2D eigenvalue weighted by Crippen LogP contribution is 2.36. The summed E-state index contributed by atoms with van der Waals surface area (Å²) in [4.78, 5) is 11.3. The van der Waals surface area contributed by atoms with E-state index in [1.807, 2.05) is 24.3 Å². The SMILES string of the molecule is Cc1onc(-c2ccc(Br)cc2)c1-c1ccc(S(=O)(=O)C(OC(N)=O)C(C)(C)C)cc1. The molecule has 1 heterocycles. The number of hydrogen-bond donors (Lipinski definition) is 1. The quantitative estimate of drug-likeness (QED) is 0.500. The second-order valence-electron chi connectivity index (χ2n) is 8.17. The van der Waals surface area contributed by atoms with Crippen molar-refractivity contribution in [3.63, 3.8) is 0 Å². The molecule has 0 spiro atoms. The molecule has 2 N–H and O–H groups in total. The number of sulfone groups is 1. The van der Waals surface area contributed by atoms with Crippen LogP contribution in [0.2, 0.25) is 0 Å². The molecule has 1 amide bonds. The van der Waals surface area contributed by atoms with Gasteiger partial charge in [0.05, 0.1) is 10.5 Å². The second-order valence-corrected chi connectivity index (χ2v) is 11.1. The van der Waals surface area contributed by atoms with Gasteiger partial charge in [0.2, 0.25) is 15.3 Å². The number of aryl methyl sites for hydroxylation is 1. The van der Waals surface area contributed by atoms with Crippen LogP contribution in [0.4, 0.5) is 4.79 Å². The van der Waals surface area contributed by atoms with Gasteiger partial charge in [0.15, 0.2) is 0 Å². The molecule has 1 unspecified atom stereocenters. The van der Waals surface area contributed by atoms with Gasteiger partial charge in [-0.2, -0.15) is 0 Å². The van der Waals surface area contributed by atoms with Crippen LogP contribution in [0.3, 0.4) is 0 Å². The van der Waals surface area contributed by atoms with E-state index < -0.39 is 26.8 Å². The summed E-state index contributed by atoms with van der Waals surface area (Å²) in [7, 11) is -3.98. The number of nitrogens with two attached hydrogens (primary N) is 1. The first-order valence-corrected chi connectivity index (χ1v) is 11.8. The third-order valence-corrected chi connectivity index (χ3v) is 7.49. The van der Waals surface area contributed by atoms with E-state index >= 15 is 0 Å². The van der Waals surface area contributed by atoms with Crippen molar-refractivity contribution in [3.8, 4) is 22.4 Å². The standard InChI is InChI=1S/C22H23BrN2O5S/c1-13-18(19(25-30-13)15-5-9-16(23)10-6-15)14-7-11-17(12-8-14)31(27,28)20(22(2,3)4)29-21(24)26/h5-12,20H,1-4H3,(H2,24,26). The molecule has 0 fully saturated rings. The number of amides is 1. The number of carbonyl (C=O) groups is 1. The van der Waals surface area contributed by atoms with Crippen LogP contribution < -0.4 is 5.73 Å². The molecular weight excluding hydrogens is 484 g/mol. The third-order valence-electron chi connectivity index (χ3n) is 4.66. The molecule has 0 radical (unpaired) electrons. The van der Waals surface area contributed by atoms with Crippen LogP contribution >= 0.6 is 15.9 Å². The van der Waals surface area contributed by atoms with E-state index in [1.54, 1.807) is 39.8 Å². The minimum absolute atomic E-state index is 0.0247. The van der Waals surface area contributed by atoms with Crippen LogP contribution in [0.1, 0.15) is 26.5 Å². The van der Waals surface area contributed by atoms with Crippen molar-refractivity contribution in [2.45, 2.75) is 38.0 Å². The topological polar surface area (TPSA) is 112 Å². The zero-order valence-electron chi connectivity index (χ0n) is 17.5. The van der Waals surface area contributed by atoms with Gasteiger partial charge in [0.1, 0.15) is 11.5 Å². The van der Waals surface area contributed by atoms with Crippen molar-refractivity contribution in [3.05, 3.63) is 58.8 Å². The summed E-state index contributed by atoms with van der Waals surface area (Å²) in [5.74, 6) is 0.609. The maximum absolute atomic E-state index is 13.1. The lowest BCUT2D eigenvalue weighted by molar-refractivity contribution is 0.0868. The molecule has 3 aromatic rings. The van der Waals surface area contributed by atoms with Gasteiger partial charge >= 0.3 is 6.09 Å². The molecule has 7 nitrogen and oxygen atoms in total. The van der Waals surface area contributed by atoms with Crippen LogP contribution in [0.25, 0.3) is 22.4 Å². The van der Waals surface area contributed by atoms with Crippen LogP contribution in [-0.4, -0.2) is 25.1 Å². The van der Waals surface area contributed by atoms with Gasteiger partial charge in [0, 0.05) is 15.5 Å². The maximum Gasteiger partial charge on any atom is 0.405 e. The number of nitrogens with zero attached hydrogens (tertiary/aromatic N) is 1. The summed E-state index contributed by atoms with van der Waals surface area (Å²) in [6.45, 7) is 6.79. The monoisotopic (exact) mass is 506 g/mol. The summed E-state index contributed by atoms with van der Waals surface area (Å²) >= 11 is 3.41. The van der Waals surface area contributed by atoms with Gasteiger partial charge in [-0.1, -0.05) is 66.1 Å². The fourth-order valence-electron chi connectivity index (χ4n) is 3.26. The van der Waals surface area contributed by atoms with Crippen molar-refractivity contribution in [2.24, 2.45) is 11.1 Å². The smallest absolute Gasteiger partial charge is 0.405 e. The molecule has 1 aromatic heterocycles. The summed E-state index contributed by atoms with van der Waals surface area (Å²) in [6, 6.07) is 14.0. The number of rotatable bonds is 5. The van der Waals surface area contributed by atoms with Gasteiger partial charge < -0.3 is 15.0 Å². The highest BCUT2D eigenvalue weighted by atomic mass is 79.9. The Hall–Kier alpha value is -2.65. The van der Waals surface area contributed by atoms with Gasteiger partial charge in [-0.05, 0) is 36.8 Å². The van der Waals surface area contributed by atoms with Gasteiger partial charge in [-0.3, -0.25) is 0 Å². The van der Waals surface area contributed by atoms with E-state index in [4.69, 9.17) is 15.0 Å². The van der Waals surface area contributed by atoms with Crippen molar-refractivity contribution in [2.75, 3.05) is 0 Å². The predicted molar refractivity (Wildman–Crippen MR) is 121 cm³/mol. The Morgan fingerprint density at radius 3 is 2.13 bits per heavy atom. The first-order valence-electron chi connectivity index (χ1n) is 9.44. The Balaban J connectivity index is 2.02. The minimum Gasteiger partial charge on any atom is -0.429 e. The lowest BCUT2D eigenvalue weighted by Crippen LogP contribution is -2.40. The molecule has 3 rings (SSSR count). The van der Waals surface area contributed by atoms with Gasteiger partial charge in [0.25, 0.3) is 0 Å². The Kier molecular flexibility index (Phi) is 6.29. The number of ether oxygens (including phenoxy) is 1. The molecule has 0 saturated heterocycles. The average molecular weight is 507 g/mol. The average Bonchev–Trinajstić information content (AvgIpc) is 3.07. The van der Waals surface area contributed by atoms with E-state index in [1.165, 1.54) is 12.1 Å².